The van der Waals surface area contributed by atoms with Gasteiger partial charge in [-0.1, -0.05) is 13.8 Å². The van der Waals surface area contributed by atoms with Gasteiger partial charge in [-0.15, -0.1) is 0 Å². The lowest BCUT2D eigenvalue weighted by molar-refractivity contribution is 0.474. The van der Waals surface area contributed by atoms with Crippen molar-refractivity contribution >= 4 is 0 Å². The zero-order valence-electron chi connectivity index (χ0n) is 13.6. The van der Waals surface area contributed by atoms with E-state index < -0.39 is 0 Å². The third-order valence-electron chi connectivity index (χ3n) is 3.86. The molecule has 2 rings (SSSR count). The molecule has 0 spiro atoms. The maximum Gasteiger partial charge on any atom is 0.110 e. The van der Waals surface area contributed by atoms with E-state index >= 15 is 0 Å². The van der Waals surface area contributed by atoms with Crippen LogP contribution in [0.4, 0.5) is 0 Å². The van der Waals surface area contributed by atoms with Crippen LogP contribution in [0.1, 0.15) is 50.9 Å². The van der Waals surface area contributed by atoms with Crippen LogP contribution in [-0.2, 0) is 25.9 Å². The van der Waals surface area contributed by atoms with Crippen LogP contribution < -0.4 is 5.32 Å². The van der Waals surface area contributed by atoms with Crippen LogP contribution >= 0.6 is 0 Å². The third-order valence-corrected chi connectivity index (χ3v) is 3.86. The van der Waals surface area contributed by atoms with Gasteiger partial charge in [0.25, 0.3) is 0 Å². The summed E-state index contributed by atoms with van der Waals surface area (Å²) in [6.45, 7) is 11.4. The Morgan fingerprint density at radius 3 is 2.62 bits per heavy atom. The van der Waals surface area contributed by atoms with E-state index in [0.29, 0.717) is 0 Å². The van der Waals surface area contributed by atoms with Gasteiger partial charge in [0.05, 0.1) is 17.4 Å². The number of imidazole rings is 1. The minimum atomic E-state index is 0.260. The Morgan fingerprint density at radius 1 is 1.19 bits per heavy atom. The van der Waals surface area contributed by atoms with Crippen molar-refractivity contribution in [2.24, 2.45) is 0 Å². The van der Waals surface area contributed by atoms with Crippen molar-refractivity contribution in [3.63, 3.8) is 0 Å². The van der Waals surface area contributed by atoms with Gasteiger partial charge in [0.2, 0.25) is 0 Å². The van der Waals surface area contributed by atoms with Crippen LogP contribution in [0.5, 0.6) is 0 Å². The Bertz CT molecular complexity index is 555. The van der Waals surface area contributed by atoms with Crippen molar-refractivity contribution in [2.75, 3.05) is 6.54 Å². The molecule has 0 radical (unpaired) electrons. The highest BCUT2D eigenvalue weighted by molar-refractivity contribution is 5.16. The summed E-state index contributed by atoms with van der Waals surface area (Å²) in [6.07, 6.45) is 5.80. The molecule has 0 bridgehead atoms. The van der Waals surface area contributed by atoms with Gasteiger partial charge in [0.1, 0.15) is 5.82 Å². The highest BCUT2D eigenvalue weighted by Gasteiger charge is 2.19. The molecule has 0 aromatic carbocycles. The second-order valence-corrected chi connectivity index (χ2v) is 5.17. The van der Waals surface area contributed by atoms with E-state index in [0.717, 1.165) is 44.0 Å². The average molecular weight is 289 g/mol. The normalized spacial score (nSPS) is 12.8. The minimum absolute atomic E-state index is 0.260. The van der Waals surface area contributed by atoms with Crippen molar-refractivity contribution in [3.8, 4) is 0 Å². The van der Waals surface area contributed by atoms with E-state index in [1.54, 1.807) is 0 Å². The van der Waals surface area contributed by atoms with E-state index in [1.165, 1.54) is 5.69 Å². The summed E-state index contributed by atoms with van der Waals surface area (Å²) in [6, 6.07) is 2.49. The summed E-state index contributed by atoms with van der Waals surface area (Å²) >= 11 is 0. The topological polar surface area (TPSA) is 47.7 Å². The molecule has 1 unspecified atom stereocenters. The van der Waals surface area contributed by atoms with Crippen molar-refractivity contribution in [1.82, 2.24) is 24.6 Å². The van der Waals surface area contributed by atoms with Crippen LogP contribution in [0.15, 0.2) is 18.5 Å². The number of aromatic nitrogens is 4. The van der Waals surface area contributed by atoms with Gasteiger partial charge in [0, 0.05) is 31.9 Å². The van der Waals surface area contributed by atoms with Gasteiger partial charge in [-0.05, 0) is 32.9 Å². The highest BCUT2D eigenvalue weighted by Crippen LogP contribution is 2.19. The number of nitrogens with one attached hydrogen (secondary N) is 1. The molecule has 0 aliphatic rings. The van der Waals surface area contributed by atoms with Gasteiger partial charge < -0.3 is 9.88 Å². The highest BCUT2D eigenvalue weighted by atomic mass is 15.3. The molecule has 0 amide bonds. The summed E-state index contributed by atoms with van der Waals surface area (Å²) in [7, 11) is 0. The van der Waals surface area contributed by atoms with Crippen LogP contribution in [0.25, 0.3) is 0 Å². The first kappa shape index (κ1) is 15.8. The Labute approximate surface area is 127 Å². The molecule has 1 atom stereocenters. The Kier molecular flexibility index (Phi) is 5.56. The van der Waals surface area contributed by atoms with E-state index in [2.05, 4.69) is 58.4 Å². The van der Waals surface area contributed by atoms with Gasteiger partial charge in [-0.2, -0.15) is 5.10 Å². The van der Waals surface area contributed by atoms with Crippen LogP contribution in [0, 0.1) is 0 Å². The van der Waals surface area contributed by atoms with Crippen LogP contribution in [-0.4, -0.2) is 25.9 Å². The Balaban J connectivity index is 2.28. The van der Waals surface area contributed by atoms with Crippen molar-refractivity contribution in [2.45, 2.75) is 59.7 Å². The van der Waals surface area contributed by atoms with E-state index in [1.807, 2.05) is 12.4 Å². The molecule has 0 saturated heterocycles. The van der Waals surface area contributed by atoms with Gasteiger partial charge in [0.15, 0.2) is 0 Å². The van der Waals surface area contributed by atoms with Crippen molar-refractivity contribution in [1.29, 1.82) is 0 Å². The molecule has 1 N–H and O–H groups in total. The van der Waals surface area contributed by atoms with E-state index in [9.17, 15) is 0 Å². The number of hydrogen-bond donors (Lipinski definition) is 1. The molecule has 2 heterocycles. The fraction of sp³-hybridized carbons (Fsp3) is 0.625. The molecular formula is C16H27N5. The molecule has 5 nitrogen and oxygen atoms in total. The molecule has 116 valence electrons. The average Bonchev–Trinajstić information content (AvgIpc) is 3.12. The summed E-state index contributed by atoms with van der Waals surface area (Å²) in [5.74, 6) is 1.13. The van der Waals surface area contributed by atoms with Crippen LogP contribution in [0.2, 0.25) is 0 Å². The molecule has 21 heavy (non-hydrogen) atoms. The van der Waals surface area contributed by atoms with Crippen molar-refractivity contribution in [3.05, 3.63) is 35.7 Å². The van der Waals surface area contributed by atoms with Crippen LogP contribution in [0.3, 0.4) is 0 Å². The first-order valence-electron chi connectivity index (χ1n) is 8.03. The predicted molar refractivity (Wildman–Crippen MR) is 85.3 cm³/mol. The first-order valence-corrected chi connectivity index (χ1v) is 8.03. The molecule has 0 aliphatic heterocycles. The fourth-order valence-corrected chi connectivity index (χ4v) is 2.72. The molecule has 0 aliphatic carbocycles. The lowest BCUT2D eigenvalue weighted by Crippen LogP contribution is -2.26. The summed E-state index contributed by atoms with van der Waals surface area (Å²) < 4.78 is 4.32. The van der Waals surface area contributed by atoms with E-state index in [-0.39, 0.29) is 6.04 Å². The second-order valence-electron chi connectivity index (χ2n) is 5.17. The van der Waals surface area contributed by atoms with E-state index in [4.69, 9.17) is 0 Å². The number of likely N-dealkylation sites (N-methyl/N-ethyl adjacent to an activating group) is 1. The Morgan fingerprint density at radius 2 is 2.00 bits per heavy atom. The molecule has 2 aromatic heterocycles. The smallest absolute Gasteiger partial charge is 0.110 e. The zero-order valence-corrected chi connectivity index (χ0v) is 13.6. The fourth-order valence-electron chi connectivity index (χ4n) is 2.72. The Hall–Kier alpha value is -1.62. The minimum Gasteiger partial charge on any atom is -0.335 e. The SMILES string of the molecule is CCNC(Cc1nccn1CC)c1cc(CC)nn1CC. The van der Waals surface area contributed by atoms with Gasteiger partial charge in [-0.25, -0.2) is 4.98 Å². The third kappa shape index (κ3) is 3.53. The number of hydrogen-bond acceptors (Lipinski definition) is 3. The molecule has 0 saturated carbocycles. The number of aryl methyl sites for hydroxylation is 3. The quantitative estimate of drug-likeness (QED) is 0.812. The largest absolute Gasteiger partial charge is 0.335 e. The summed E-state index contributed by atoms with van der Waals surface area (Å²) in [5.41, 5.74) is 2.43. The van der Waals surface area contributed by atoms with Gasteiger partial charge in [-0.3, -0.25) is 4.68 Å². The molecular weight excluding hydrogens is 262 g/mol. The zero-order chi connectivity index (χ0) is 15.2. The second kappa shape index (κ2) is 7.41. The first-order chi connectivity index (χ1) is 10.2. The maximum absolute atomic E-state index is 4.67. The number of rotatable bonds is 8. The predicted octanol–water partition coefficient (Wildman–Crippen LogP) is 2.58. The summed E-state index contributed by atoms with van der Waals surface area (Å²) in [5, 5.41) is 8.26. The lowest BCUT2D eigenvalue weighted by Gasteiger charge is -2.19. The number of nitrogens with zero attached hydrogens (tertiary/aromatic N) is 4. The maximum atomic E-state index is 4.67. The molecule has 0 fully saturated rings. The molecule has 5 heteroatoms. The standard InChI is InChI=1S/C16H27N5/c1-5-13-11-15(21(8-4)19-13)14(17-6-2)12-16-18-9-10-20(16)7-3/h9-11,14,17H,5-8,12H2,1-4H3. The molecule has 2 aromatic rings. The van der Waals surface area contributed by atoms with Gasteiger partial charge >= 0.3 is 0 Å². The van der Waals surface area contributed by atoms with Crippen molar-refractivity contribution < 1.29 is 0 Å². The summed E-state index contributed by atoms with van der Waals surface area (Å²) in [4.78, 5) is 4.51. The monoisotopic (exact) mass is 289 g/mol. The lowest BCUT2D eigenvalue weighted by atomic mass is 10.1.